The van der Waals surface area contributed by atoms with Gasteiger partial charge in [-0.05, 0) is 42.0 Å². The quantitative estimate of drug-likeness (QED) is 0.852. The van der Waals surface area contributed by atoms with Crippen LogP contribution in [0.3, 0.4) is 0 Å². The Balaban J connectivity index is 1.98. The first-order valence-corrected chi connectivity index (χ1v) is 6.16. The molecule has 2 aromatic rings. The Morgan fingerprint density at radius 1 is 1.00 bits per heavy atom. The second-order valence-corrected chi connectivity index (χ2v) is 4.54. The lowest BCUT2D eigenvalue weighted by Gasteiger charge is -2.08. The first kappa shape index (κ1) is 14.9. The van der Waals surface area contributed by atoms with Crippen LogP contribution >= 0.6 is 0 Å². The minimum atomic E-state index is -4.37. The lowest BCUT2D eigenvalue weighted by molar-refractivity contribution is -0.137. The largest absolute Gasteiger partial charge is 0.416 e. The molecule has 0 saturated heterocycles. The van der Waals surface area contributed by atoms with Crippen LogP contribution in [0.4, 0.5) is 24.5 Å². The molecular formula is C15H13F3N2O. The second-order valence-electron chi connectivity index (χ2n) is 4.54. The zero-order valence-electron chi connectivity index (χ0n) is 10.9. The van der Waals surface area contributed by atoms with Gasteiger partial charge >= 0.3 is 6.18 Å². The maximum Gasteiger partial charge on any atom is 0.416 e. The summed E-state index contributed by atoms with van der Waals surface area (Å²) in [5.41, 5.74) is 6.47. The van der Waals surface area contributed by atoms with E-state index in [0.717, 1.165) is 12.1 Å². The lowest BCUT2D eigenvalue weighted by Crippen LogP contribution is -2.14. The number of anilines is 2. The number of halogens is 3. The predicted molar refractivity (Wildman–Crippen MR) is 74.6 cm³/mol. The summed E-state index contributed by atoms with van der Waals surface area (Å²) >= 11 is 0. The lowest BCUT2D eigenvalue weighted by atomic mass is 10.1. The van der Waals surface area contributed by atoms with Crippen molar-refractivity contribution >= 4 is 17.3 Å². The number of hydrogen-bond donors (Lipinski definition) is 2. The van der Waals surface area contributed by atoms with E-state index >= 15 is 0 Å². The van der Waals surface area contributed by atoms with E-state index in [2.05, 4.69) is 5.32 Å². The fraction of sp³-hybridized carbons (Fsp3) is 0.133. The van der Waals surface area contributed by atoms with Gasteiger partial charge in [-0.2, -0.15) is 13.2 Å². The van der Waals surface area contributed by atoms with Gasteiger partial charge in [0.15, 0.2) is 0 Å². The summed E-state index contributed by atoms with van der Waals surface area (Å²) in [7, 11) is 0. The number of rotatable bonds is 3. The summed E-state index contributed by atoms with van der Waals surface area (Å²) in [5, 5.41) is 2.65. The number of nitrogen functional groups attached to an aromatic ring is 1. The molecule has 0 radical (unpaired) electrons. The third kappa shape index (κ3) is 4.24. The molecule has 0 heterocycles. The molecule has 0 bridgehead atoms. The van der Waals surface area contributed by atoms with E-state index in [1.807, 2.05) is 0 Å². The molecule has 0 unspecified atom stereocenters. The summed E-state index contributed by atoms with van der Waals surface area (Å²) in [6, 6.07) is 11.1. The Kier molecular flexibility index (Phi) is 4.16. The molecule has 2 rings (SSSR count). The van der Waals surface area contributed by atoms with Crippen LogP contribution in [-0.4, -0.2) is 5.91 Å². The molecule has 0 spiro atoms. The Bertz CT molecular complexity index is 619. The van der Waals surface area contributed by atoms with E-state index in [1.54, 1.807) is 24.3 Å². The van der Waals surface area contributed by atoms with Gasteiger partial charge in [0.1, 0.15) is 0 Å². The van der Waals surface area contributed by atoms with Gasteiger partial charge in [0.2, 0.25) is 5.91 Å². The summed E-state index contributed by atoms with van der Waals surface area (Å²) in [5.74, 6) is -0.306. The smallest absolute Gasteiger partial charge is 0.399 e. The minimum Gasteiger partial charge on any atom is -0.399 e. The van der Waals surface area contributed by atoms with Crippen molar-refractivity contribution in [1.29, 1.82) is 0 Å². The predicted octanol–water partition coefficient (Wildman–Crippen LogP) is 3.47. The average Bonchev–Trinajstić information content (AvgIpc) is 2.41. The molecule has 0 fully saturated rings. The molecule has 21 heavy (non-hydrogen) atoms. The molecule has 3 nitrogen and oxygen atoms in total. The maximum absolute atomic E-state index is 12.4. The highest BCUT2D eigenvalue weighted by Crippen LogP contribution is 2.29. The summed E-state index contributed by atoms with van der Waals surface area (Å²) in [6.07, 6.45) is -4.37. The maximum atomic E-state index is 12.4. The monoisotopic (exact) mass is 294 g/mol. The minimum absolute atomic E-state index is 0.00249. The normalized spacial score (nSPS) is 11.2. The third-order valence-electron chi connectivity index (χ3n) is 2.84. The first-order valence-electron chi connectivity index (χ1n) is 6.16. The van der Waals surface area contributed by atoms with E-state index in [4.69, 9.17) is 5.73 Å². The van der Waals surface area contributed by atoms with Crippen LogP contribution < -0.4 is 11.1 Å². The molecule has 0 aliphatic carbocycles. The van der Waals surface area contributed by atoms with Crippen molar-refractivity contribution in [1.82, 2.24) is 0 Å². The van der Waals surface area contributed by atoms with Gasteiger partial charge in [-0.25, -0.2) is 0 Å². The number of alkyl halides is 3. The number of carbonyl (C=O) groups is 1. The van der Waals surface area contributed by atoms with Gasteiger partial charge in [-0.15, -0.1) is 0 Å². The van der Waals surface area contributed by atoms with E-state index in [0.29, 0.717) is 16.9 Å². The van der Waals surface area contributed by atoms with Crippen molar-refractivity contribution in [2.24, 2.45) is 0 Å². The highest BCUT2D eigenvalue weighted by molar-refractivity contribution is 5.92. The van der Waals surface area contributed by atoms with Crippen LogP contribution in [0.25, 0.3) is 0 Å². The Hall–Kier alpha value is -2.50. The molecule has 0 aliphatic rings. The number of benzene rings is 2. The van der Waals surface area contributed by atoms with Crippen molar-refractivity contribution in [2.75, 3.05) is 11.1 Å². The van der Waals surface area contributed by atoms with E-state index in [9.17, 15) is 18.0 Å². The van der Waals surface area contributed by atoms with Crippen LogP contribution in [0.2, 0.25) is 0 Å². The zero-order valence-corrected chi connectivity index (χ0v) is 10.9. The van der Waals surface area contributed by atoms with Gasteiger partial charge < -0.3 is 11.1 Å². The number of nitrogens with one attached hydrogen (secondary N) is 1. The van der Waals surface area contributed by atoms with Gasteiger partial charge in [0.05, 0.1) is 12.0 Å². The van der Waals surface area contributed by atoms with Crippen molar-refractivity contribution < 1.29 is 18.0 Å². The summed E-state index contributed by atoms with van der Waals surface area (Å²) < 4.78 is 37.2. The number of amides is 1. The Morgan fingerprint density at radius 3 is 2.10 bits per heavy atom. The zero-order chi connectivity index (χ0) is 15.5. The summed E-state index contributed by atoms with van der Waals surface area (Å²) in [6.45, 7) is 0. The van der Waals surface area contributed by atoms with Crippen LogP contribution in [0.15, 0.2) is 48.5 Å². The van der Waals surface area contributed by atoms with Gasteiger partial charge in [-0.3, -0.25) is 4.79 Å². The molecule has 0 atom stereocenters. The SMILES string of the molecule is Nc1ccc(NC(=O)Cc2ccc(C(F)(F)F)cc2)cc1. The number of nitrogens with two attached hydrogens (primary N) is 1. The molecule has 1 amide bonds. The highest BCUT2D eigenvalue weighted by atomic mass is 19.4. The van der Waals surface area contributed by atoms with E-state index in [1.165, 1.54) is 12.1 Å². The topological polar surface area (TPSA) is 55.1 Å². The molecule has 2 aromatic carbocycles. The fourth-order valence-electron chi connectivity index (χ4n) is 1.77. The Morgan fingerprint density at radius 2 is 1.57 bits per heavy atom. The van der Waals surface area contributed by atoms with E-state index < -0.39 is 11.7 Å². The van der Waals surface area contributed by atoms with Gasteiger partial charge in [0, 0.05) is 11.4 Å². The molecule has 6 heteroatoms. The van der Waals surface area contributed by atoms with Gasteiger partial charge in [0.25, 0.3) is 0 Å². The highest BCUT2D eigenvalue weighted by Gasteiger charge is 2.29. The van der Waals surface area contributed by atoms with Crippen molar-refractivity contribution in [3.63, 3.8) is 0 Å². The standard InChI is InChI=1S/C15H13F3N2O/c16-15(17,18)11-3-1-10(2-4-11)9-14(21)20-13-7-5-12(19)6-8-13/h1-8H,9,19H2,(H,20,21). The molecule has 0 aliphatic heterocycles. The molecule has 3 N–H and O–H groups in total. The van der Waals surface area contributed by atoms with Crippen molar-refractivity contribution in [2.45, 2.75) is 12.6 Å². The number of hydrogen-bond acceptors (Lipinski definition) is 2. The van der Waals surface area contributed by atoms with Gasteiger partial charge in [-0.1, -0.05) is 12.1 Å². The van der Waals surface area contributed by atoms with Crippen molar-refractivity contribution in [3.8, 4) is 0 Å². The Labute approximate surface area is 119 Å². The average molecular weight is 294 g/mol. The molecular weight excluding hydrogens is 281 g/mol. The third-order valence-corrected chi connectivity index (χ3v) is 2.84. The van der Waals surface area contributed by atoms with Crippen LogP contribution in [-0.2, 0) is 17.4 Å². The first-order chi connectivity index (χ1) is 9.84. The molecule has 0 saturated carbocycles. The number of carbonyl (C=O) groups excluding carboxylic acids is 1. The van der Waals surface area contributed by atoms with Crippen LogP contribution in [0.5, 0.6) is 0 Å². The molecule has 0 aromatic heterocycles. The van der Waals surface area contributed by atoms with Crippen LogP contribution in [0.1, 0.15) is 11.1 Å². The van der Waals surface area contributed by atoms with Crippen LogP contribution in [0, 0.1) is 0 Å². The van der Waals surface area contributed by atoms with E-state index in [-0.39, 0.29) is 12.3 Å². The second kappa shape index (κ2) is 5.87. The fourth-order valence-corrected chi connectivity index (χ4v) is 1.77. The van der Waals surface area contributed by atoms with Crippen molar-refractivity contribution in [3.05, 3.63) is 59.7 Å². The molecule has 110 valence electrons. The summed E-state index contributed by atoms with van der Waals surface area (Å²) in [4.78, 5) is 11.8.